The first-order valence-corrected chi connectivity index (χ1v) is 7.84. The molecule has 16 heavy (non-hydrogen) atoms. The number of amides is 1. The van der Waals surface area contributed by atoms with Crippen LogP contribution in [0.15, 0.2) is 0 Å². The topological polar surface area (TPSA) is 20.3 Å². The number of halogens is 1. The summed E-state index contributed by atoms with van der Waals surface area (Å²) in [5.41, 5.74) is 0. The van der Waals surface area contributed by atoms with Crippen molar-refractivity contribution in [3.63, 3.8) is 0 Å². The van der Waals surface area contributed by atoms with Crippen LogP contribution in [-0.4, -0.2) is 40.8 Å². The first-order valence-electron chi connectivity index (χ1n) is 6.26. The molecule has 0 saturated carbocycles. The van der Waals surface area contributed by atoms with Crippen molar-refractivity contribution in [1.29, 1.82) is 0 Å². The Bertz CT molecular complexity index is 207. The number of carbonyl (C=O) groups is 1. The molecule has 1 fully saturated rings. The highest BCUT2D eigenvalue weighted by Crippen LogP contribution is 2.26. The molecule has 0 aliphatic carbocycles. The van der Waals surface area contributed by atoms with Crippen LogP contribution in [0.2, 0.25) is 0 Å². The number of unbranched alkanes of at least 4 members (excludes halogenated alkanes) is 1. The fraction of sp³-hybridized carbons (Fsp3) is 0.917. The zero-order valence-electron chi connectivity index (χ0n) is 10.1. The summed E-state index contributed by atoms with van der Waals surface area (Å²) in [6, 6.07) is 0. The van der Waals surface area contributed by atoms with Crippen molar-refractivity contribution in [2.75, 3.05) is 24.7 Å². The summed E-state index contributed by atoms with van der Waals surface area (Å²) in [4.78, 5) is 14.2. The lowest BCUT2D eigenvalue weighted by Gasteiger charge is -2.28. The third-order valence-corrected chi connectivity index (χ3v) is 4.44. The van der Waals surface area contributed by atoms with Crippen molar-refractivity contribution < 1.29 is 4.79 Å². The van der Waals surface area contributed by atoms with Gasteiger partial charge in [-0.3, -0.25) is 4.79 Å². The molecule has 0 spiro atoms. The van der Waals surface area contributed by atoms with Crippen LogP contribution >= 0.6 is 23.4 Å². The van der Waals surface area contributed by atoms with Gasteiger partial charge in [-0.1, -0.05) is 19.8 Å². The van der Waals surface area contributed by atoms with Crippen LogP contribution in [0.1, 0.15) is 39.0 Å². The predicted octanol–water partition coefficient (Wildman–Crippen LogP) is 3.14. The molecule has 94 valence electrons. The van der Waals surface area contributed by atoms with Crippen LogP contribution in [0.3, 0.4) is 0 Å². The van der Waals surface area contributed by atoms with E-state index >= 15 is 0 Å². The molecule has 0 N–H and O–H groups in total. The van der Waals surface area contributed by atoms with Gasteiger partial charge < -0.3 is 4.90 Å². The van der Waals surface area contributed by atoms with Crippen LogP contribution in [0.5, 0.6) is 0 Å². The first-order chi connectivity index (χ1) is 7.79. The molecule has 0 bridgehead atoms. The molecule has 1 heterocycles. The van der Waals surface area contributed by atoms with Gasteiger partial charge in [0.1, 0.15) is 0 Å². The van der Waals surface area contributed by atoms with Crippen molar-refractivity contribution in [3.05, 3.63) is 0 Å². The minimum Gasteiger partial charge on any atom is -0.341 e. The van der Waals surface area contributed by atoms with Crippen molar-refractivity contribution in [2.45, 2.75) is 44.3 Å². The van der Waals surface area contributed by atoms with Gasteiger partial charge in [0, 0.05) is 19.0 Å². The highest BCUT2D eigenvalue weighted by Gasteiger charge is 2.25. The molecular weight excluding hydrogens is 242 g/mol. The number of hydrogen-bond donors (Lipinski definition) is 0. The van der Waals surface area contributed by atoms with Gasteiger partial charge in [-0.15, -0.1) is 23.4 Å². The number of nitrogens with zero attached hydrogens (tertiary/aromatic N) is 1. The molecule has 1 saturated heterocycles. The molecule has 0 aromatic heterocycles. The summed E-state index contributed by atoms with van der Waals surface area (Å²) in [6.45, 7) is 3.73. The lowest BCUT2D eigenvalue weighted by atomic mass is 10.1. The maximum absolute atomic E-state index is 12.2. The molecule has 1 atom stereocenters. The molecule has 1 amide bonds. The van der Waals surface area contributed by atoms with Gasteiger partial charge in [0.15, 0.2) is 0 Å². The van der Waals surface area contributed by atoms with Crippen molar-refractivity contribution in [3.8, 4) is 0 Å². The molecule has 0 aromatic rings. The number of thioether (sulfide) groups is 1. The second-order valence-electron chi connectivity index (χ2n) is 4.22. The molecule has 0 aromatic carbocycles. The summed E-state index contributed by atoms with van der Waals surface area (Å²) in [5.74, 6) is 2.00. The van der Waals surface area contributed by atoms with E-state index in [2.05, 4.69) is 6.92 Å². The molecule has 1 rings (SSSR count). The Morgan fingerprint density at radius 3 is 2.81 bits per heavy atom. The Labute approximate surface area is 108 Å². The molecule has 1 aliphatic rings. The van der Waals surface area contributed by atoms with E-state index in [1.54, 1.807) is 0 Å². The zero-order chi connectivity index (χ0) is 11.8. The average Bonchev–Trinajstić information content (AvgIpc) is 2.35. The Balaban J connectivity index is 2.44. The molecule has 1 aliphatic heterocycles. The van der Waals surface area contributed by atoms with Crippen molar-refractivity contribution >= 4 is 29.3 Å². The van der Waals surface area contributed by atoms with E-state index in [1.165, 1.54) is 12.8 Å². The van der Waals surface area contributed by atoms with Crippen LogP contribution in [0.4, 0.5) is 0 Å². The van der Waals surface area contributed by atoms with Crippen LogP contribution in [0, 0.1) is 0 Å². The van der Waals surface area contributed by atoms with Gasteiger partial charge in [-0.25, -0.2) is 0 Å². The molecule has 2 nitrogen and oxygen atoms in total. The van der Waals surface area contributed by atoms with E-state index in [0.717, 1.165) is 31.6 Å². The Morgan fingerprint density at radius 1 is 1.44 bits per heavy atom. The lowest BCUT2D eigenvalue weighted by Crippen LogP contribution is -2.40. The summed E-state index contributed by atoms with van der Waals surface area (Å²) in [5, 5.41) is 0.203. The third-order valence-electron chi connectivity index (χ3n) is 2.90. The van der Waals surface area contributed by atoms with Gasteiger partial charge in [-0.05, 0) is 25.0 Å². The van der Waals surface area contributed by atoms with Crippen LogP contribution in [-0.2, 0) is 4.79 Å². The van der Waals surface area contributed by atoms with Gasteiger partial charge in [0.2, 0.25) is 5.91 Å². The Hall–Kier alpha value is 0.110. The summed E-state index contributed by atoms with van der Waals surface area (Å²) >= 11 is 7.58. The zero-order valence-corrected chi connectivity index (χ0v) is 11.7. The van der Waals surface area contributed by atoms with E-state index < -0.39 is 0 Å². The summed E-state index contributed by atoms with van der Waals surface area (Å²) in [7, 11) is 0. The van der Waals surface area contributed by atoms with Gasteiger partial charge >= 0.3 is 0 Å². The van der Waals surface area contributed by atoms with Crippen LogP contribution in [0.25, 0.3) is 0 Å². The second kappa shape index (κ2) is 8.24. The highest BCUT2D eigenvalue weighted by atomic mass is 35.5. The van der Waals surface area contributed by atoms with E-state index in [-0.39, 0.29) is 5.25 Å². The lowest BCUT2D eigenvalue weighted by molar-refractivity contribution is -0.130. The predicted molar refractivity (Wildman–Crippen MR) is 72.3 cm³/mol. The molecule has 4 heteroatoms. The van der Waals surface area contributed by atoms with E-state index in [9.17, 15) is 4.79 Å². The summed E-state index contributed by atoms with van der Waals surface area (Å²) < 4.78 is 0. The number of alkyl halides is 1. The molecule has 0 radical (unpaired) electrons. The number of hydrogen-bond acceptors (Lipinski definition) is 2. The number of carbonyl (C=O) groups excluding carboxylic acids is 1. The SMILES string of the molecule is CCCCN(CCCl)C(=O)C1CCCCS1. The first kappa shape index (κ1) is 14.2. The van der Waals surface area contributed by atoms with E-state index in [4.69, 9.17) is 11.6 Å². The third kappa shape index (κ3) is 4.54. The Morgan fingerprint density at radius 2 is 2.25 bits per heavy atom. The van der Waals surface area contributed by atoms with Gasteiger partial charge in [0.05, 0.1) is 5.25 Å². The quantitative estimate of drug-likeness (QED) is 0.687. The average molecular weight is 264 g/mol. The number of rotatable bonds is 6. The summed E-state index contributed by atoms with van der Waals surface area (Å²) in [6.07, 6.45) is 5.73. The normalized spacial score (nSPS) is 20.8. The molecule has 1 unspecified atom stereocenters. The van der Waals surface area contributed by atoms with Gasteiger partial charge in [-0.2, -0.15) is 0 Å². The highest BCUT2D eigenvalue weighted by molar-refractivity contribution is 8.00. The Kier molecular flexibility index (Phi) is 7.30. The maximum Gasteiger partial charge on any atom is 0.235 e. The van der Waals surface area contributed by atoms with Crippen molar-refractivity contribution in [2.24, 2.45) is 0 Å². The van der Waals surface area contributed by atoms with E-state index in [1.807, 2.05) is 16.7 Å². The standard InChI is InChI=1S/C12H22ClNOS/c1-2-3-8-14(9-7-13)12(15)11-6-4-5-10-16-11/h11H,2-10H2,1H3. The van der Waals surface area contributed by atoms with Crippen LogP contribution < -0.4 is 0 Å². The van der Waals surface area contributed by atoms with E-state index in [0.29, 0.717) is 18.3 Å². The fourth-order valence-corrected chi connectivity index (χ4v) is 3.41. The minimum atomic E-state index is 0.203. The largest absolute Gasteiger partial charge is 0.341 e. The minimum absolute atomic E-state index is 0.203. The second-order valence-corrected chi connectivity index (χ2v) is 5.91. The van der Waals surface area contributed by atoms with Crippen molar-refractivity contribution in [1.82, 2.24) is 4.90 Å². The monoisotopic (exact) mass is 263 g/mol. The molecular formula is C12H22ClNOS. The smallest absolute Gasteiger partial charge is 0.235 e. The van der Waals surface area contributed by atoms with Gasteiger partial charge in [0.25, 0.3) is 0 Å². The maximum atomic E-state index is 12.2. The fourth-order valence-electron chi connectivity index (χ4n) is 1.92.